The van der Waals surface area contributed by atoms with Crippen LogP contribution in [0.3, 0.4) is 0 Å². The highest BCUT2D eigenvalue weighted by Gasteiger charge is 2.23. The summed E-state index contributed by atoms with van der Waals surface area (Å²) in [6.45, 7) is 0. The third-order valence-corrected chi connectivity index (χ3v) is 6.21. The molecule has 0 bridgehead atoms. The molecule has 1 aromatic heterocycles. The van der Waals surface area contributed by atoms with Gasteiger partial charge in [-0.2, -0.15) is 0 Å². The lowest BCUT2D eigenvalue weighted by molar-refractivity contribution is 0.0702. The Hall–Kier alpha value is -1.09. The first-order chi connectivity index (χ1) is 9.31. The fraction of sp³-hybridized carbons (Fsp3) is 0. The molecule has 20 heavy (non-hydrogen) atoms. The summed E-state index contributed by atoms with van der Waals surface area (Å²) in [6.07, 6.45) is 0. The van der Waals surface area contributed by atoms with Gasteiger partial charge in [0.15, 0.2) is 0 Å². The van der Waals surface area contributed by atoms with Crippen LogP contribution in [0.2, 0.25) is 5.02 Å². The fourth-order valence-corrected chi connectivity index (χ4v) is 5.11. The van der Waals surface area contributed by atoms with E-state index in [0.29, 0.717) is 0 Å². The molecule has 0 radical (unpaired) electrons. The van der Waals surface area contributed by atoms with Crippen molar-refractivity contribution in [1.82, 2.24) is 0 Å². The van der Waals surface area contributed by atoms with E-state index in [1.165, 1.54) is 6.07 Å². The molecule has 0 spiro atoms. The number of aromatic carboxylic acids is 1. The van der Waals surface area contributed by atoms with Crippen molar-refractivity contribution in [3.63, 3.8) is 0 Å². The van der Waals surface area contributed by atoms with E-state index in [4.69, 9.17) is 16.7 Å². The van der Waals surface area contributed by atoms with Crippen LogP contribution in [0.15, 0.2) is 39.0 Å². The van der Waals surface area contributed by atoms with Crippen LogP contribution in [-0.4, -0.2) is 19.5 Å². The van der Waals surface area contributed by atoms with Crippen LogP contribution in [0.4, 0.5) is 5.69 Å². The van der Waals surface area contributed by atoms with E-state index in [0.717, 1.165) is 17.4 Å². The molecule has 1 aromatic carbocycles. The van der Waals surface area contributed by atoms with Crippen molar-refractivity contribution in [2.45, 2.75) is 4.90 Å². The predicted octanol–water partition coefficient (Wildman–Crippen LogP) is 3.66. The molecule has 0 saturated heterocycles. The molecule has 2 rings (SSSR count). The number of carboxylic acids is 1. The van der Waals surface area contributed by atoms with Gasteiger partial charge in [-0.25, -0.2) is 13.2 Å². The van der Waals surface area contributed by atoms with Crippen LogP contribution >= 0.6 is 38.9 Å². The second-order valence-corrected chi connectivity index (χ2v) is 8.07. The summed E-state index contributed by atoms with van der Waals surface area (Å²) in [6, 6.07) is 7.46. The highest BCUT2D eigenvalue weighted by molar-refractivity contribution is 9.11. The highest BCUT2D eigenvalue weighted by atomic mass is 79.9. The lowest BCUT2D eigenvalue weighted by Crippen LogP contribution is -2.13. The Balaban J connectivity index is 2.41. The smallest absolute Gasteiger partial charge is 0.345 e. The van der Waals surface area contributed by atoms with Gasteiger partial charge in [0, 0.05) is 0 Å². The maximum absolute atomic E-state index is 12.2. The van der Waals surface area contributed by atoms with Gasteiger partial charge >= 0.3 is 5.97 Å². The van der Waals surface area contributed by atoms with Crippen molar-refractivity contribution in [3.8, 4) is 0 Å². The van der Waals surface area contributed by atoms with Crippen LogP contribution in [-0.2, 0) is 10.0 Å². The number of hydrogen-bond acceptors (Lipinski definition) is 4. The lowest BCUT2D eigenvalue weighted by Gasteiger charge is -2.08. The van der Waals surface area contributed by atoms with E-state index in [1.807, 2.05) is 0 Å². The number of sulfonamides is 1. The minimum atomic E-state index is -3.91. The van der Waals surface area contributed by atoms with Crippen molar-refractivity contribution in [3.05, 3.63) is 44.0 Å². The molecule has 2 aromatic rings. The molecular formula is C11H7BrClNO4S2. The summed E-state index contributed by atoms with van der Waals surface area (Å²) in [7, 11) is -3.91. The maximum atomic E-state index is 12.2. The van der Waals surface area contributed by atoms with Gasteiger partial charge in [0.25, 0.3) is 10.0 Å². The number of para-hydroxylation sites is 1. The molecule has 0 fully saturated rings. The minimum absolute atomic E-state index is 0.0728. The van der Waals surface area contributed by atoms with Gasteiger partial charge in [-0.3, -0.25) is 4.72 Å². The normalized spacial score (nSPS) is 11.3. The van der Waals surface area contributed by atoms with Gasteiger partial charge in [-0.15, -0.1) is 11.3 Å². The summed E-state index contributed by atoms with van der Waals surface area (Å²) in [5, 5.41) is 9.13. The van der Waals surface area contributed by atoms with Crippen LogP contribution in [0.25, 0.3) is 0 Å². The molecule has 0 saturated carbocycles. The number of halogens is 2. The number of rotatable bonds is 4. The van der Waals surface area contributed by atoms with Gasteiger partial charge in [-0.1, -0.05) is 23.7 Å². The molecule has 1 heterocycles. The Labute approximate surface area is 132 Å². The molecule has 0 atom stereocenters. The van der Waals surface area contributed by atoms with E-state index in [1.54, 1.807) is 18.2 Å². The monoisotopic (exact) mass is 395 g/mol. The van der Waals surface area contributed by atoms with Crippen LogP contribution < -0.4 is 4.72 Å². The molecular weight excluding hydrogens is 390 g/mol. The van der Waals surface area contributed by atoms with E-state index >= 15 is 0 Å². The zero-order chi connectivity index (χ0) is 14.9. The van der Waals surface area contributed by atoms with Crippen molar-refractivity contribution < 1.29 is 18.3 Å². The molecule has 0 unspecified atom stereocenters. The summed E-state index contributed by atoms with van der Waals surface area (Å²) in [5.41, 5.74) is 0.226. The quantitative estimate of drug-likeness (QED) is 0.826. The molecule has 5 nitrogen and oxygen atoms in total. The zero-order valence-corrected chi connectivity index (χ0v) is 13.6. The molecule has 106 valence electrons. The lowest BCUT2D eigenvalue weighted by atomic mass is 10.3. The number of carboxylic acid groups (broad SMARTS) is 1. The molecule has 0 aliphatic heterocycles. The van der Waals surface area contributed by atoms with Crippen LogP contribution in [0, 0.1) is 0 Å². The van der Waals surface area contributed by atoms with Gasteiger partial charge in [-0.05, 0) is 34.1 Å². The molecule has 0 aliphatic rings. The van der Waals surface area contributed by atoms with E-state index in [9.17, 15) is 13.2 Å². The van der Waals surface area contributed by atoms with Gasteiger partial charge in [0.1, 0.15) is 9.77 Å². The Kier molecular flexibility index (Phi) is 4.38. The number of nitrogens with one attached hydrogen (secondary N) is 1. The average molecular weight is 397 g/mol. The summed E-state index contributed by atoms with van der Waals surface area (Å²) in [5.74, 6) is -1.19. The van der Waals surface area contributed by atoms with Crippen LogP contribution in [0.5, 0.6) is 0 Å². The third kappa shape index (κ3) is 3.14. The summed E-state index contributed by atoms with van der Waals surface area (Å²) in [4.78, 5) is 10.6. The molecule has 9 heteroatoms. The standard InChI is InChI=1S/C11H7BrClNO4S2/c12-10-9(5-8(19-10)11(15)16)20(17,18)14-7-4-2-1-3-6(7)13/h1-5,14H,(H,15,16). The highest BCUT2D eigenvalue weighted by Crippen LogP contribution is 2.33. The maximum Gasteiger partial charge on any atom is 0.345 e. The topological polar surface area (TPSA) is 83.5 Å². The number of anilines is 1. The Morgan fingerprint density at radius 3 is 2.55 bits per heavy atom. The van der Waals surface area contributed by atoms with E-state index in [-0.39, 0.29) is 24.3 Å². The van der Waals surface area contributed by atoms with Crippen molar-refractivity contribution in [1.29, 1.82) is 0 Å². The van der Waals surface area contributed by atoms with Crippen molar-refractivity contribution in [2.24, 2.45) is 0 Å². The van der Waals surface area contributed by atoms with Gasteiger partial charge in [0.05, 0.1) is 14.5 Å². The second-order valence-electron chi connectivity index (χ2n) is 3.64. The number of benzene rings is 1. The number of hydrogen-bond donors (Lipinski definition) is 2. The third-order valence-electron chi connectivity index (χ3n) is 2.27. The summed E-state index contributed by atoms with van der Waals surface area (Å²) >= 11 is 9.77. The zero-order valence-electron chi connectivity index (χ0n) is 9.63. The Bertz CT molecular complexity index is 772. The molecule has 2 N–H and O–H groups in total. The fourth-order valence-electron chi connectivity index (χ4n) is 1.38. The largest absolute Gasteiger partial charge is 0.477 e. The number of carbonyl (C=O) groups is 1. The first kappa shape index (κ1) is 15.3. The van der Waals surface area contributed by atoms with Crippen molar-refractivity contribution >= 4 is 60.5 Å². The molecule has 0 amide bonds. The molecule has 0 aliphatic carbocycles. The van der Waals surface area contributed by atoms with Gasteiger partial charge in [0.2, 0.25) is 0 Å². The second kappa shape index (κ2) is 5.72. The van der Waals surface area contributed by atoms with E-state index in [2.05, 4.69) is 20.7 Å². The summed E-state index contributed by atoms with van der Waals surface area (Å²) < 4.78 is 27.0. The SMILES string of the molecule is O=C(O)c1cc(S(=O)(=O)Nc2ccccc2Cl)c(Br)s1. The first-order valence-electron chi connectivity index (χ1n) is 5.11. The Morgan fingerprint density at radius 1 is 1.35 bits per heavy atom. The predicted molar refractivity (Wildman–Crippen MR) is 81.2 cm³/mol. The Morgan fingerprint density at radius 2 is 2.00 bits per heavy atom. The van der Waals surface area contributed by atoms with Crippen LogP contribution in [0.1, 0.15) is 9.67 Å². The van der Waals surface area contributed by atoms with Crippen molar-refractivity contribution in [2.75, 3.05) is 4.72 Å². The van der Waals surface area contributed by atoms with E-state index < -0.39 is 16.0 Å². The minimum Gasteiger partial charge on any atom is -0.477 e. The van der Waals surface area contributed by atoms with Gasteiger partial charge < -0.3 is 5.11 Å². The number of thiophene rings is 1. The first-order valence-corrected chi connectivity index (χ1v) is 8.58. The average Bonchev–Trinajstić information content (AvgIpc) is 2.75.